The maximum atomic E-state index is 12.1. The first-order valence-electron chi connectivity index (χ1n) is 12.6. The van der Waals surface area contributed by atoms with Crippen molar-refractivity contribution in [3.8, 4) is 0 Å². The molecule has 1 aliphatic carbocycles. The molecule has 2 aromatic carbocycles. The summed E-state index contributed by atoms with van der Waals surface area (Å²) in [7, 11) is 0. The van der Waals surface area contributed by atoms with E-state index < -0.39 is 0 Å². The standard InChI is InChI=1S/C28H41NO2/c1-4-6-12-18-29(19-13-7-5-2)21-28(31-22(3)30)27-20-23-14-8-9-15-24(23)25-16-10-11-17-26(25)27/h10-11,16-17,20,28H,4-9,12-15,18-19,21H2,1-3H3. The van der Waals surface area contributed by atoms with E-state index >= 15 is 0 Å². The third-order valence-corrected chi connectivity index (χ3v) is 6.64. The van der Waals surface area contributed by atoms with Gasteiger partial charge < -0.3 is 4.74 Å². The molecule has 0 saturated heterocycles. The summed E-state index contributed by atoms with van der Waals surface area (Å²) in [6, 6.07) is 11.1. The summed E-state index contributed by atoms with van der Waals surface area (Å²) in [6.07, 6.45) is 12.0. The summed E-state index contributed by atoms with van der Waals surface area (Å²) in [5.74, 6) is -0.186. The lowest BCUT2D eigenvalue weighted by molar-refractivity contribution is -0.147. The second-order valence-corrected chi connectivity index (χ2v) is 9.17. The normalized spacial score (nSPS) is 14.6. The number of carbonyl (C=O) groups is 1. The Morgan fingerprint density at radius 1 is 0.968 bits per heavy atom. The fraction of sp³-hybridized carbons (Fsp3) is 0.607. The van der Waals surface area contributed by atoms with Crippen LogP contribution < -0.4 is 0 Å². The van der Waals surface area contributed by atoms with Gasteiger partial charge in [-0.25, -0.2) is 0 Å². The van der Waals surface area contributed by atoms with Gasteiger partial charge in [0.25, 0.3) is 0 Å². The fourth-order valence-corrected chi connectivity index (χ4v) is 5.02. The first-order chi connectivity index (χ1) is 15.1. The van der Waals surface area contributed by atoms with Gasteiger partial charge in [0.2, 0.25) is 0 Å². The van der Waals surface area contributed by atoms with E-state index in [1.807, 2.05) is 0 Å². The number of unbranched alkanes of at least 4 members (excludes halogenated alkanes) is 4. The molecule has 1 unspecified atom stereocenters. The molecule has 0 aliphatic heterocycles. The van der Waals surface area contributed by atoms with Crippen LogP contribution in [0.1, 0.15) is 94.9 Å². The lowest BCUT2D eigenvalue weighted by atomic mass is 9.84. The Labute approximate surface area is 189 Å². The number of hydrogen-bond acceptors (Lipinski definition) is 3. The lowest BCUT2D eigenvalue weighted by Crippen LogP contribution is -2.32. The summed E-state index contributed by atoms with van der Waals surface area (Å²) in [5.41, 5.74) is 4.16. The largest absolute Gasteiger partial charge is 0.456 e. The number of benzene rings is 2. The van der Waals surface area contributed by atoms with Gasteiger partial charge in [-0.15, -0.1) is 0 Å². The third-order valence-electron chi connectivity index (χ3n) is 6.64. The Kier molecular flexibility index (Phi) is 9.39. The zero-order valence-electron chi connectivity index (χ0n) is 19.9. The van der Waals surface area contributed by atoms with E-state index in [0.29, 0.717) is 0 Å². The average Bonchev–Trinajstić information content (AvgIpc) is 2.78. The second kappa shape index (κ2) is 12.2. The molecule has 31 heavy (non-hydrogen) atoms. The molecule has 3 heteroatoms. The van der Waals surface area contributed by atoms with Crippen molar-refractivity contribution in [3.05, 3.63) is 47.0 Å². The van der Waals surface area contributed by atoms with Crippen LogP contribution >= 0.6 is 0 Å². The molecular formula is C28H41NO2. The highest BCUT2D eigenvalue weighted by molar-refractivity contribution is 5.90. The van der Waals surface area contributed by atoms with Crippen LogP contribution in [0.15, 0.2) is 30.3 Å². The number of rotatable bonds is 12. The van der Waals surface area contributed by atoms with E-state index in [4.69, 9.17) is 4.74 Å². The Morgan fingerprint density at radius 3 is 2.26 bits per heavy atom. The van der Waals surface area contributed by atoms with E-state index in [9.17, 15) is 4.79 Å². The molecule has 1 aliphatic rings. The highest BCUT2D eigenvalue weighted by atomic mass is 16.5. The number of carbonyl (C=O) groups excluding carboxylic acids is 1. The van der Waals surface area contributed by atoms with Gasteiger partial charge in [0.1, 0.15) is 6.10 Å². The third kappa shape index (κ3) is 6.55. The SMILES string of the molecule is CCCCCN(CCCCC)CC(OC(C)=O)c1cc2c(c3ccccc13)CCCC2. The summed E-state index contributed by atoms with van der Waals surface area (Å²) < 4.78 is 6.00. The van der Waals surface area contributed by atoms with Crippen LogP contribution in [0.5, 0.6) is 0 Å². The first kappa shape index (κ1) is 23.8. The van der Waals surface area contributed by atoms with Crippen LogP contribution in [-0.4, -0.2) is 30.5 Å². The topological polar surface area (TPSA) is 29.5 Å². The van der Waals surface area contributed by atoms with Gasteiger partial charge in [-0.05, 0) is 73.5 Å². The van der Waals surface area contributed by atoms with Crippen molar-refractivity contribution in [3.63, 3.8) is 0 Å². The number of fused-ring (bicyclic) bond motifs is 3. The van der Waals surface area contributed by atoms with Crippen molar-refractivity contribution in [2.45, 2.75) is 91.1 Å². The molecule has 0 bridgehead atoms. The van der Waals surface area contributed by atoms with E-state index in [1.54, 1.807) is 6.92 Å². The summed E-state index contributed by atoms with van der Waals surface area (Å²) >= 11 is 0. The van der Waals surface area contributed by atoms with Gasteiger partial charge in [-0.2, -0.15) is 0 Å². The molecule has 0 amide bonds. The van der Waals surface area contributed by atoms with Crippen LogP contribution in [0, 0.1) is 0 Å². The molecule has 3 rings (SSSR count). The van der Waals surface area contributed by atoms with Crippen LogP contribution in [0.25, 0.3) is 10.8 Å². The van der Waals surface area contributed by atoms with E-state index in [1.165, 1.54) is 78.8 Å². The molecule has 0 spiro atoms. The van der Waals surface area contributed by atoms with Gasteiger partial charge in [0, 0.05) is 19.0 Å². The smallest absolute Gasteiger partial charge is 0.303 e. The molecule has 0 aromatic heterocycles. The van der Waals surface area contributed by atoms with Crippen molar-refractivity contribution >= 4 is 16.7 Å². The van der Waals surface area contributed by atoms with Crippen LogP contribution in [0.2, 0.25) is 0 Å². The molecule has 1 atom stereocenters. The molecule has 0 N–H and O–H groups in total. The minimum atomic E-state index is -0.210. The average molecular weight is 424 g/mol. The second-order valence-electron chi connectivity index (χ2n) is 9.17. The summed E-state index contributed by atoms with van der Waals surface area (Å²) in [6.45, 7) is 9.00. The molecular weight excluding hydrogens is 382 g/mol. The Bertz CT molecular complexity index is 834. The number of ether oxygens (including phenoxy) is 1. The summed E-state index contributed by atoms with van der Waals surface area (Å²) in [5, 5.41) is 2.62. The predicted molar refractivity (Wildman–Crippen MR) is 131 cm³/mol. The first-order valence-corrected chi connectivity index (χ1v) is 12.6. The minimum Gasteiger partial charge on any atom is -0.456 e. The monoisotopic (exact) mass is 423 g/mol. The van der Waals surface area contributed by atoms with Crippen molar-refractivity contribution in [1.29, 1.82) is 0 Å². The van der Waals surface area contributed by atoms with Crippen molar-refractivity contribution in [2.24, 2.45) is 0 Å². The van der Waals surface area contributed by atoms with E-state index in [2.05, 4.69) is 49.1 Å². The highest BCUT2D eigenvalue weighted by Crippen LogP contribution is 2.35. The van der Waals surface area contributed by atoms with Crippen molar-refractivity contribution < 1.29 is 9.53 Å². The molecule has 0 heterocycles. The maximum absolute atomic E-state index is 12.1. The van der Waals surface area contributed by atoms with Crippen molar-refractivity contribution in [1.82, 2.24) is 4.90 Å². The molecule has 3 nitrogen and oxygen atoms in total. The highest BCUT2D eigenvalue weighted by Gasteiger charge is 2.24. The molecule has 0 radical (unpaired) electrons. The Morgan fingerprint density at radius 2 is 1.61 bits per heavy atom. The predicted octanol–water partition coefficient (Wildman–Crippen LogP) is 7.01. The van der Waals surface area contributed by atoms with Gasteiger partial charge in [0.15, 0.2) is 0 Å². The Hall–Kier alpha value is -1.87. The van der Waals surface area contributed by atoms with E-state index in [-0.39, 0.29) is 12.1 Å². The molecule has 0 saturated carbocycles. The van der Waals surface area contributed by atoms with Gasteiger partial charge in [0.05, 0.1) is 0 Å². The fourth-order valence-electron chi connectivity index (χ4n) is 5.02. The minimum absolute atomic E-state index is 0.186. The zero-order chi connectivity index (χ0) is 22.1. The molecule has 0 fully saturated rings. The van der Waals surface area contributed by atoms with Gasteiger partial charge in [-0.1, -0.05) is 69.9 Å². The lowest BCUT2D eigenvalue weighted by Gasteiger charge is -2.30. The van der Waals surface area contributed by atoms with E-state index in [0.717, 1.165) is 32.5 Å². The van der Waals surface area contributed by atoms with Crippen LogP contribution in [0.3, 0.4) is 0 Å². The van der Waals surface area contributed by atoms with Crippen LogP contribution in [-0.2, 0) is 22.4 Å². The van der Waals surface area contributed by atoms with Gasteiger partial charge in [-0.3, -0.25) is 9.69 Å². The van der Waals surface area contributed by atoms with Gasteiger partial charge >= 0.3 is 5.97 Å². The quantitative estimate of drug-likeness (QED) is 0.272. The molecule has 170 valence electrons. The number of nitrogens with zero attached hydrogens (tertiary/aromatic N) is 1. The number of aryl methyl sites for hydroxylation is 2. The Balaban J connectivity index is 1.93. The number of esters is 1. The zero-order valence-corrected chi connectivity index (χ0v) is 19.9. The number of hydrogen-bond donors (Lipinski definition) is 0. The maximum Gasteiger partial charge on any atom is 0.303 e. The van der Waals surface area contributed by atoms with Crippen molar-refractivity contribution in [2.75, 3.05) is 19.6 Å². The summed E-state index contributed by atoms with van der Waals surface area (Å²) in [4.78, 5) is 14.6. The van der Waals surface area contributed by atoms with Crippen LogP contribution in [0.4, 0.5) is 0 Å². The molecule has 2 aromatic rings.